The molecule has 1 fully saturated rings. The minimum Gasteiger partial charge on any atom is -0.493 e. The fourth-order valence-electron chi connectivity index (χ4n) is 2.38. The Labute approximate surface area is 126 Å². The zero-order chi connectivity index (χ0) is 15.4. The van der Waals surface area contributed by atoms with Crippen LogP contribution in [0.4, 0.5) is 5.69 Å². The van der Waals surface area contributed by atoms with Gasteiger partial charge in [0.05, 0.1) is 6.61 Å². The largest absolute Gasteiger partial charge is 0.493 e. The van der Waals surface area contributed by atoms with E-state index in [1.165, 1.54) is 12.8 Å². The van der Waals surface area contributed by atoms with Gasteiger partial charge in [-0.05, 0) is 45.9 Å². The molecule has 1 atom stereocenters. The van der Waals surface area contributed by atoms with Gasteiger partial charge in [-0.3, -0.25) is 9.69 Å². The zero-order valence-electron chi connectivity index (χ0n) is 13.1. The molecule has 0 aliphatic heterocycles. The molecule has 0 heterocycles. The van der Waals surface area contributed by atoms with Crippen LogP contribution in [0.2, 0.25) is 0 Å². The van der Waals surface area contributed by atoms with Crippen LogP contribution in [0.25, 0.3) is 0 Å². The molecule has 116 valence electrons. The highest BCUT2D eigenvalue weighted by Gasteiger charge is 2.29. The molecule has 0 spiro atoms. The first-order valence-electron chi connectivity index (χ1n) is 7.56. The van der Waals surface area contributed by atoms with Gasteiger partial charge < -0.3 is 15.8 Å². The molecule has 1 aliphatic carbocycles. The van der Waals surface area contributed by atoms with E-state index in [0.717, 1.165) is 0 Å². The van der Waals surface area contributed by atoms with Gasteiger partial charge in [0.1, 0.15) is 11.3 Å². The van der Waals surface area contributed by atoms with Gasteiger partial charge >= 0.3 is 0 Å². The summed E-state index contributed by atoms with van der Waals surface area (Å²) in [7, 11) is 2.11. The molecule has 1 saturated carbocycles. The summed E-state index contributed by atoms with van der Waals surface area (Å²) in [4.78, 5) is 14.7. The highest BCUT2D eigenvalue weighted by atomic mass is 16.5. The van der Waals surface area contributed by atoms with E-state index in [0.29, 0.717) is 42.2 Å². The first kappa shape index (κ1) is 15.6. The van der Waals surface area contributed by atoms with E-state index in [1.807, 2.05) is 6.92 Å². The van der Waals surface area contributed by atoms with Crippen LogP contribution < -0.4 is 15.8 Å². The minimum absolute atomic E-state index is 0.174. The number of nitrogens with one attached hydrogen (secondary N) is 1. The van der Waals surface area contributed by atoms with Crippen molar-refractivity contribution in [2.24, 2.45) is 0 Å². The molecule has 0 aromatic heterocycles. The molecule has 5 heteroatoms. The normalized spacial score (nSPS) is 15.8. The lowest BCUT2D eigenvalue weighted by Crippen LogP contribution is -2.41. The number of hydrogen-bond acceptors (Lipinski definition) is 4. The van der Waals surface area contributed by atoms with E-state index in [2.05, 4.69) is 24.2 Å². The Morgan fingerprint density at radius 2 is 2.24 bits per heavy atom. The monoisotopic (exact) mass is 291 g/mol. The predicted molar refractivity (Wildman–Crippen MR) is 84.6 cm³/mol. The Balaban J connectivity index is 1.99. The van der Waals surface area contributed by atoms with Crippen molar-refractivity contribution < 1.29 is 9.53 Å². The number of nitrogen functional groups attached to an aromatic ring is 1. The maximum absolute atomic E-state index is 12.4. The van der Waals surface area contributed by atoms with E-state index < -0.39 is 0 Å². The van der Waals surface area contributed by atoms with Crippen LogP contribution >= 0.6 is 0 Å². The molecule has 5 nitrogen and oxygen atoms in total. The number of nitrogens with two attached hydrogens (primary N) is 1. The zero-order valence-corrected chi connectivity index (χ0v) is 13.1. The Morgan fingerprint density at radius 3 is 2.86 bits per heavy atom. The van der Waals surface area contributed by atoms with Crippen molar-refractivity contribution >= 4 is 11.6 Å². The van der Waals surface area contributed by atoms with Crippen LogP contribution in [0.3, 0.4) is 0 Å². The SMILES string of the molecule is CCOc1cccc(N)c1C(=O)NCC(C)N(C)C1CC1. The van der Waals surface area contributed by atoms with Crippen molar-refractivity contribution in [1.29, 1.82) is 0 Å². The van der Waals surface area contributed by atoms with E-state index >= 15 is 0 Å². The molecule has 1 amide bonds. The molecule has 2 rings (SSSR count). The summed E-state index contributed by atoms with van der Waals surface area (Å²) in [5.41, 5.74) is 6.80. The van der Waals surface area contributed by atoms with Crippen LogP contribution in [0.5, 0.6) is 5.75 Å². The van der Waals surface area contributed by atoms with Crippen molar-refractivity contribution in [3.8, 4) is 5.75 Å². The number of carbonyl (C=O) groups is 1. The maximum atomic E-state index is 12.4. The van der Waals surface area contributed by atoms with Gasteiger partial charge in [-0.2, -0.15) is 0 Å². The highest BCUT2D eigenvalue weighted by molar-refractivity contribution is 6.01. The predicted octanol–water partition coefficient (Wildman–Crippen LogP) is 1.88. The summed E-state index contributed by atoms with van der Waals surface area (Å²) in [6.45, 7) is 5.12. The van der Waals surface area contributed by atoms with E-state index in [9.17, 15) is 4.79 Å². The third kappa shape index (κ3) is 3.88. The van der Waals surface area contributed by atoms with Gasteiger partial charge in [0.25, 0.3) is 5.91 Å². The molecule has 0 bridgehead atoms. The summed E-state index contributed by atoms with van der Waals surface area (Å²) < 4.78 is 5.49. The van der Waals surface area contributed by atoms with Gasteiger partial charge in [0.2, 0.25) is 0 Å². The standard InChI is InChI=1S/C16H25N3O2/c1-4-21-14-7-5-6-13(17)15(14)16(20)18-10-11(2)19(3)12-8-9-12/h5-7,11-12H,4,8-10,17H2,1-3H3,(H,18,20). The fourth-order valence-corrected chi connectivity index (χ4v) is 2.38. The number of nitrogens with zero attached hydrogens (tertiary/aromatic N) is 1. The molecular formula is C16H25N3O2. The second-order valence-electron chi connectivity index (χ2n) is 5.61. The topological polar surface area (TPSA) is 67.6 Å². The average molecular weight is 291 g/mol. The number of anilines is 1. The summed E-state index contributed by atoms with van der Waals surface area (Å²) in [6, 6.07) is 6.27. The number of ether oxygens (including phenoxy) is 1. The number of benzene rings is 1. The number of carbonyl (C=O) groups excluding carboxylic acids is 1. The number of hydrogen-bond donors (Lipinski definition) is 2. The Morgan fingerprint density at radius 1 is 1.52 bits per heavy atom. The smallest absolute Gasteiger partial charge is 0.257 e. The summed E-state index contributed by atoms with van der Waals surface area (Å²) >= 11 is 0. The minimum atomic E-state index is -0.174. The first-order chi connectivity index (χ1) is 10.0. The van der Waals surface area contributed by atoms with Crippen LogP contribution in [0.15, 0.2) is 18.2 Å². The molecule has 1 unspecified atom stereocenters. The maximum Gasteiger partial charge on any atom is 0.257 e. The van der Waals surface area contributed by atoms with Gasteiger partial charge in [-0.15, -0.1) is 0 Å². The molecule has 1 aromatic rings. The van der Waals surface area contributed by atoms with Crippen molar-refractivity contribution in [3.63, 3.8) is 0 Å². The second kappa shape index (κ2) is 6.80. The van der Waals surface area contributed by atoms with Gasteiger partial charge in [0, 0.05) is 24.3 Å². The number of rotatable bonds is 7. The van der Waals surface area contributed by atoms with Crippen molar-refractivity contribution in [1.82, 2.24) is 10.2 Å². The first-order valence-corrected chi connectivity index (χ1v) is 7.56. The quantitative estimate of drug-likeness (QED) is 0.753. The van der Waals surface area contributed by atoms with Crippen molar-refractivity contribution in [2.45, 2.75) is 38.8 Å². The number of amides is 1. The van der Waals surface area contributed by atoms with E-state index in [4.69, 9.17) is 10.5 Å². The van der Waals surface area contributed by atoms with E-state index in [1.54, 1.807) is 18.2 Å². The van der Waals surface area contributed by atoms with Crippen molar-refractivity contribution in [2.75, 3.05) is 25.9 Å². The Hall–Kier alpha value is -1.75. The third-order valence-electron chi connectivity index (χ3n) is 3.96. The molecule has 1 aromatic carbocycles. The van der Waals surface area contributed by atoms with Crippen LogP contribution in [-0.2, 0) is 0 Å². The molecule has 0 radical (unpaired) electrons. The summed E-state index contributed by atoms with van der Waals surface area (Å²) in [6.07, 6.45) is 2.52. The average Bonchev–Trinajstić information content (AvgIpc) is 3.28. The summed E-state index contributed by atoms with van der Waals surface area (Å²) in [5, 5.41) is 2.96. The lowest BCUT2D eigenvalue weighted by atomic mass is 10.1. The molecule has 0 saturated heterocycles. The molecular weight excluding hydrogens is 266 g/mol. The lowest BCUT2D eigenvalue weighted by Gasteiger charge is -2.24. The van der Waals surface area contributed by atoms with Crippen molar-refractivity contribution in [3.05, 3.63) is 23.8 Å². The molecule has 3 N–H and O–H groups in total. The van der Waals surface area contributed by atoms with E-state index in [-0.39, 0.29) is 5.91 Å². The highest BCUT2D eigenvalue weighted by Crippen LogP contribution is 2.27. The van der Waals surface area contributed by atoms with Gasteiger partial charge in [-0.25, -0.2) is 0 Å². The number of likely N-dealkylation sites (N-methyl/N-ethyl adjacent to an activating group) is 1. The summed E-state index contributed by atoms with van der Waals surface area (Å²) in [5.74, 6) is 0.366. The van der Waals surface area contributed by atoms with Gasteiger partial charge in [-0.1, -0.05) is 6.07 Å². The molecule has 1 aliphatic rings. The lowest BCUT2D eigenvalue weighted by molar-refractivity contribution is 0.0936. The fraction of sp³-hybridized carbons (Fsp3) is 0.562. The Kier molecular flexibility index (Phi) is 5.07. The Bertz CT molecular complexity index is 500. The van der Waals surface area contributed by atoms with Gasteiger partial charge in [0.15, 0.2) is 0 Å². The van der Waals surface area contributed by atoms with Crippen LogP contribution in [-0.4, -0.2) is 43.1 Å². The van der Waals surface area contributed by atoms with Crippen LogP contribution in [0.1, 0.15) is 37.0 Å². The second-order valence-corrected chi connectivity index (χ2v) is 5.61. The molecule has 21 heavy (non-hydrogen) atoms. The van der Waals surface area contributed by atoms with Crippen LogP contribution in [0, 0.1) is 0 Å². The third-order valence-corrected chi connectivity index (χ3v) is 3.96.